The van der Waals surface area contributed by atoms with Gasteiger partial charge in [0, 0.05) is 39.7 Å². The Labute approximate surface area is 157 Å². The number of nitrogens with two attached hydrogens (primary N) is 2. The van der Waals surface area contributed by atoms with Gasteiger partial charge in [0.05, 0.1) is 17.3 Å². The molecule has 4 aromatic rings. The highest BCUT2D eigenvalue weighted by Crippen LogP contribution is 2.39. The number of nitrogens with one attached hydrogen (secondary N) is 1. The second-order valence-corrected chi connectivity index (χ2v) is 6.20. The molecule has 134 valence electrons. The average Bonchev–Trinajstić information content (AvgIpc) is 3.25. The molecular formula is C16H14ClFN6OS. The van der Waals surface area contributed by atoms with Crippen molar-refractivity contribution in [2.75, 3.05) is 17.7 Å². The van der Waals surface area contributed by atoms with Crippen molar-refractivity contribution in [3.05, 3.63) is 36.5 Å². The first kappa shape index (κ1) is 18.0. The van der Waals surface area contributed by atoms with E-state index in [1.54, 1.807) is 24.7 Å². The number of anilines is 2. The molecular weight excluding hydrogens is 379 g/mol. The fourth-order valence-electron chi connectivity index (χ4n) is 2.70. The van der Waals surface area contributed by atoms with Crippen LogP contribution in [0.2, 0.25) is 0 Å². The molecule has 0 bridgehead atoms. The van der Waals surface area contributed by atoms with E-state index >= 15 is 0 Å². The minimum Gasteiger partial charge on any atom is -0.398 e. The molecule has 0 spiro atoms. The fraction of sp³-hybridized carbons (Fsp3) is 0.0625. The van der Waals surface area contributed by atoms with Crippen LogP contribution in [0.4, 0.5) is 15.9 Å². The van der Waals surface area contributed by atoms with Crippen molar-refractivity contribution in [2.45, 2.75) is 4.90 Å². The molecule has 0 saturated carbocycles. The SMILES string of the molecule is CSc1cc(-c2ncc(-c3cn[nH]c3)c3onc(N)c23)c(F)cc1N.Cl. The molecule has 0 unspecified atom stereocenters. The van der Waals surface area contributed by atoms with Crippen molar-refractivity contribution in [3.63, 3.8) is 0 Å². The molecule has 0 saturated heterocycles. The van der Waals surface area contributed by atoms with E-state index in [1.807, 2.05) is 6.26 Å². The lowest BCUT2D eigenvalue weighted by molar-refractivity contribution is 0.461. The molecule has 3 aromatic heterocycles. The quantitative estimate of drug-likeness (QED) is 0.359. The molecule has 0 atom stereocenters. The summed E-state index contributed by atoms with van der Waals surface area (Å²) in [4.78, 5) is 5.17. The Morgan fingerprint density at radius 3 is 2.69 bits per heavy atom. The van der Waals surface area contributed by atoms with Gasteiger partial charge in [-0.15, -0.1) is 24.2 Å². The number of fused-ring (bicyclic) bond motifs is 1. The molecule has 0 amide bonds. The predicted octanol–water partition coefficient (Wildman–Crippen LogP) is 3.73. The lowest BCUT2D eigenvalue weighted by atomic mass is 10.0. The number of benzene rings is 1. The van der Waals surface area contributed by atoms with E-state index in [2.05, 4.69) is 20.3 Å². The molecule has 10 heteroatoms. The Morgan fingerprint density at radius 2 is 2.00 bits per heavy atom. The van der Waals surface area contributed by atoms with Gasteiger partial charge >= 0.3 is 0 Å². The number of pyridine rings is 1. The molecule has 7 nitrogen and oxygen atoms in total. The molecule has 0 fully saturated rings. The Kier molecular flexibility index (Phi) is 4.75. The summed E-state index contributed by atoms with van der Waals surface area (Å²) in [6.45, 7) is 0. The normalized spacial score (nSPS) is 10.8. The van der Waals surface area contributed by atoms with Gasteiger partial charge in [0.2, 0.25) is 0 Å². The van der Waals surface area contributed by atoms with Crippen LogP contribution in [0.5, 0.6) is 0 Å². The van der Waals surface area contributed by atoms with Gasteiger partial charge in [-0.05, 0) is 18.4 Å². The number of thioether (sulfide) groups is 1. The summed E-state index contributed by atoms with van der Waals surface area (Å²) in [7, 11) is 0. The van der Waals surface area contributed by atoms with Gasteiger partial charge in [-0.25, -0.2) is 4.39 Å². The Hall–Kier alpha value is -2.78. The first-order chi connectivity index (χ1) is 12.1. The largest absolute Gasteiger partial charge is 0.398 e. The maximum Gasteiger partial charge on any atom is 0.180 e. The molecule has 26 heavy (non-hydrogen) atoms. The number of aromatic amines is 1. The highest BCUT2D eigenvalue weighted by molar-refractivity contribution is 7.98. The summed E-state index contributed by atoms with van der Waals surface area (Å²) in [6.07, 6.45) is 6.78. The number of nitrogen functional groups attached to an aromatic ring is 2. The van der Waals surface area contributed by atoms with E-state index in [4.69, 9.17) is 16.0 Å². The van der Waals surface area contributed by atoms with E-state index in [0.29, 0.717) is 27.9 Å². The number of halogens is 2. The third-order valence-electron chi connectivity index (χ3n) is 3.91. The van der Waals surface area contributed by atoms with Crippen LogP contribution in [0, 0.1) is 5.82 Å². The minimum absolute atomic E-state index is 0. The Bertz CT molecular complexity index is 1080. The number of rotatable bonds is 3. The molecule has 0 radical (unpaired) electrons. The lowest BCUT2D eigenvalue weighted by Crippen LogP contribution is -1.96. The number of H-pyrrole nitrogens is 1. The molecule has 3 heterocycles. The second-order valence-electron chi connectivity index (χ2n) is 5.35. The van der Waals surface area contributed by atoms with Crippen molar-refractivity contribution in [1.82, 2.24) is 20.3 Å². The number of hydrogen-bond donors (Lipinski definition) is 3. The van der Waals surface area contributed by atoms with Crippen molar-refractivity contribution in [2.24, 2.45) is 0 Å². The summed E-state index contributed by atoms with van der Waals surface area (Å²) < 4.78 is 19.9. The zero-order chi connectivity index (χ0) is 17.6. The zero-order valence-electron chi connectivity index (χ0n) is 13.5. The monoisotopic (exact) mass is 392 g/mol. The standard InChI is InChI=1S/C16H13FN6OS.ClH/c1-25-12-2-8(10(17)3-11(12)18)14-13-15(24-23-16(13)19)9(6-20-14)7-4-21-22-5-7;/h2-6H,18H2,1H3,(H2,19,23)(H,21,22);1H. The summed E-state index contributed by atoms with van der Waals surface area (Å²) in [5.41, 5.74) is 14.7. The zero-order valence-corrected chi connectivity index (χ0v) is 15.1. The van der Waals surface area contributed by atoms with Gasteiger partial charge in [-0.2, -0.15) is 5.10 Å². The second kappa shape index (κ2) is 6.85. The Morgan fingerprint density at radius 1 is 1.19 bits per heavy atom. The third-order valence-corrected chi connectivity index (χ3v) is 4.70. The molecule has 5 N–H and O–H groups in total. The smallest absolute Gasteiger partial charge is 0.180 e. The van der Waals surface area contributed by atoms with Gasteiger partial charge in [0.25, 0.3) is 0 Å². The highest BCUT2D eigenvalue weighted by Gasteiger charge is 2.21. The lowest BCUT2D eigenvalue weighted by Gasteiger charge is -2.10. The maximum absolute atomic E-state index is 14.6. The summed E-state index contributed by atoms with van der Waals surface area (Å²) in [6, 6.07) is 2.93. The topological polar surface area (TPSA) is 120 Å². The predicted molar refractivity (Wildman–Crippen MR) is 103 cm³/mol. The average molecular weight is 393 g/mol. The third kappa shape index (κ3) is 2.74. The van der Waals surface area contributed by atoms with Crippen LogP contribution in [-0.2, 0) is 0 Å². The van der Waals surface area contributed by atoms with Gasteiger partial charge in [0.1, 0.15) is 5.82 Å². The van der Waals surface area contributed by atoms with Crippen LogP contribution in [0.3, 0.4) is 0 Å². The molecule has 0 aliphatic heterocycles. The van der Waals surface area contributed by atoms with Crippen LogP contribution >= 0.6 is 24.2 Å². The Balaban J connectivity index is 0.00000196. The minimum atomic E-state index is -0.485. The van der Waals surface area contributed by atoms with Crippen LogP contribution in [0.25, 0.3) is 33.4 Å². The molecule has 4 rings (SSSR count). The summed E-state index contributed by atoms with van der Waals surface area (Å²) in [5, 5.41) is 10.9. The van der Waals surface area contributed by atoms with Gasteiger partial charge in [0.15, 0.2) is 11.4 Å². The molecule has 0 aliphatic rings. The summed E-state index contributed by atoms with van der Waals surface area (Å²) >= 11 is 1.42. The number of aromatic nitrogens is 4. The van der Waals surface area contributed by atoms with Crippen LogP contribution in [0.15, 0.2) is 40.1 Å². The van der Waals surface area contributed by atoms with E-state index in [1.165, 1.54) is 17.8 Å². The van der Waals surface area contributed by atoms with Gasteiger partial charge in [-0.1, -0.05) is 5.16 Å². The van der Waals surface area contributed by atoms with E-state index < -0.39 is 5.82 Å². The van der Waals surface area contributed by atoms with Gasteiger partial charge in [-0.3, -0.25) is 10.1 Å². The van der Waals surface area contributed by atoms with Crippen LogP contribution in [-0.4, -0.2) is 26.6 Å². The van der Waals surface area contributed by atoms with Crippen LogP contribution < -0.4 is 11.5 Å². The first-order valence-electron chi connectivity index (χ1n) is 7.26. The van der Waals surface area contributed by atoms with E-state index in [9.17, 15) is 4.39 Å². The molecule has 1 aromatic carbocycles. The summed E-state index contributed by atoms with van der Waals surface area (Å²) in [5.74, 6) is -0.342. The first-order valence-corrected chi connectivity index (χ1v) is 8.49. The van der Waals surface area contributed by atoms with Crippen molar-refractivity contribution < 1.29 is 8.91 Å². The number of nitrogens with zero attached hydrogens (tertiary/aromatic N) is 3. The van der Waals surface area contributed by atoms with Crippen molar-refractivity contribution >= 4 is 46.6 Å². The van der Waals surface area contributed by atoms with E-state index in [-0.39, 0.29) is 23.8 Å². The van der Waals surface area contributed by atoms with Gasteiger partial charge < -0.3 is 16.0 Å². The van der Waals surface area contributed by atoms with Crippen LogP contribution in [0.1, 0.15) is 0 Å². The highest BCUT2D eigenvalue weighted by atomic mass is 35.5. The number of hydrogen-bond acceptors (Lipinski definition) is 7. The molecule has 0 aliphatic carbocycles. The maximum atomic E-state index is 14.6. The van der Waals surface area contributed by atoms with Crippen molar-refractivity contribution in [1.29, 1.82) is 0 Å². The van der Waals surface area contributed by atoms with Crippen molar-refractivity contribution in [3.8, 4) is 22.4 Å². The fourth-order valence-corrected chi connectivity index (χ4v) is 3.23. The van der Waals surface area contributed by atoms with E-state index in [0.717, 1.165) is 10.5 Å².